The van der Waals surface area contributed by atoms with Gasteiger partial charge in [-0.3, -0.25) is 9.59 Å². The van der Waals surface area contributed by atoms with Crippen LogP contribution >= 0.6 is 0 Å². The minimum Gasteiger partial charge on any atom is -0.481 e. The van der Waals surface area contributed by atoms with E-state index in [-0.39, 0.29) is 12.1 Å². The Morgan fingerprint density at radius 1 is 0.800 bits per heavy atom. The van der Waals surface area contributed by atoms with Gasteiger partial charge >= 0.3 is 11.9 Å². The molecule has 3 atom stereocenters. The van der Waals surface area contributed by atoms with Crippen molar-refractivity contribution in [3.63, 3.8) is 0 Å². The molecule has 0 aromatic rings. The van der Waals surface area contributed by atoms with Crippen LogP contribution in [-0.2, 0) is 14.3 Å². The van der Waals surface area contributed by atoms with E-state index >= 15 is 0 Å². The van der Waals surface area contributed by atoms with Crippen LogP contribution in [0.25, 0.3) is 0 Å². The number of allylic oxidation sites excluding steroid dienone is 1. The van der Waals surface area contributed by atoms with Crippen LogP contribution in [0.4, 0.5) is 0 Å². The second-order valence-corrected chi connectivity index (χ2v) is 11.1. The molecule has 204 valence electrons. The predicted octanol–water partition coefficient (Wildman–Crippen LogP) is 9.41. The molecule has 0 spiro atoms. The number of carboxylic acids is 1. The van der Waals surface area contributed by atoms with Gasteiger partial charge in [0, 0.05) is 0 Å². The van der Waals surface area contributed by atoms with Gasteiger partial charge in [0.1, 0.15) is 6.10 Å². The van der Waals surface area contributed by atoms with Crippen LogP contribution in [0.5, 0.6) is 0 Å². The molecular weight excluding hydrogens is 436 g/mol. The number of rotatable bonds is 22. The van der Waals surface area contributed by atoms with Crippen molar-refractivity contribution >= 4 is 11.9 Å². The molecule has 1 N–H and O–H groups in total. The van der Waals surface area contributed by atoms with Gasteiger partial charge in [-0.05, 0) is 45.4 Å². The molecule has 0 saturated heterocycles. The summed E-state index contributed by atoms with van der Waals surface area (Å²) in [6, 6.07) is 0. The summed E-state index contributed by atoms with van der Waals surface area (Å²) in [6.45, 7) is 6.24. The lowest BCUT2D eigenvalue weighted by molar-refractivity contribution is -0.168. The average Bonchev–Trinajstić information content (AvgIpc) is 2.84. The molecule has 0 fully saturated rings. The van der Waals surface area contributed by atoms with Crippen LogP contribution in [0.3, 0.4) is 0 Å². The highest BCUT2D eigenvalue weighted by atomic mass is 16.5. The molecule has 35 heavy (non-hydrogen) atoms. The second-order valence-electron chi connectivity index (χ2n) is 11.1. The van der Waals surface area contributed by atoms with Crippen LogP contribution in [0.2, 0.25) is 0 Å². The van der Waals surface area contributed by atoms with Gasteiger partial charge in [-0.15, -0.1) is 0 Å². The Bertz CT molecular complexity index is 585. The molecule has 0 amide bonds. The van der Waals surface area contributed by atoms with Crippen LogP contribution < -0.4 is 0 Å². The number of esters is 1. The standard InChI is InChI=1S/C31H56O4/c1-4-6-8-10-12-13-14-15-16-18-20-24-27(23-19-17-11-9-7-5-2)35-30(34)31(3)26-22-21-25-28(31)29(32)33/h22,26-28H,4-21,23-25H2,1-3H3,(H,32,33). The Balaban J connectivity index is 2.44. The highest BCUT2D eigenvalue weighted by Gasteiger charge is 2.46. The van der Waals surface area contributed by atoms with E-state index < -0.39 is 17.3 Å². The molecule has 4 nitrogen and oxygen atoms in total. The third-order valence-corrected chi connectivity index (χ3v) is 7.83. The Morgan fingerprint density at radius 2 is 1.23 bits per heavy atom. The molecule has 1 aliphatic carbocycles. The van der Waals surface area contributed by atoms with Gasteiger partial charge in [-0.1, -0.05) is 122 Å². The molecule has 1 aliphatic rings. The number of carboxylic acid groups (broad SMARTS) is 1. The van der Waals surface area contributed by atoms with Gasteiger partial charge in [0.2, 0.25) is 0 Å². The first-order valence-corrected chi connectivity index (χ1v) is 15.1. The average molecular weight is 493 g/mol. The van der Waals surface area contributed by atoms with Crippen molar-refractivity contribution in [1.82, 2.24) is 0 Å². The van der Waals surface area contributed by atoms with E-state index in [0.29, 0.717) is 12.8 Å². The molecule has 0 aromatic heterocycles. The van der Waals surface area contributed by atoms with Crippen LogP contribution in [0, 0.1) is 11.3 Å². The largest absolute Gasteiger partial charge is 0.481 e. The summed E-state index contributed by atoms with van der Waals surface area (Å²) in [5, 5.41) is 9.68. The number of hydrogen-bond donors (Lipinski definition) is 1. The quantitative estimate of drug-likeness (QED) is 0.0928. The smallest absolute Gasteiger partial charge is 0.316 e. The Kier molecular flexibility index (Phi) is 18.0. The van der Waals surface area contributed by atoms with Gasteiger partial charge in [-0.25, -0.2) is 0 Å². The zero-order chi connectivity index (χ0) is 25.8. The second kappa shape index (κ2) is 19.8. The number of carbonyl (C=O) groups excluding carboxylic acids is 1. The van der Waals surface area contributed by atoms with Crippen molar-refractivity contribution in [2.45, 2.75) is 162 Å². The summed E-state index contributed by atoms with van der Waals surface area (Å²) in [6.07, 6.45) is 28.3. The van der Waals surface area contributed by atoms with Crippen molar-refractivity contribution in [2.75, 3.05) is 0 Å². The first-order chi connectivity index (χ1) is 17.0. The third kappa shape index (κ3) is 13.5. The van der Waals surface area contributed by atoms with Crippen LogP contribution in [-0.4, -0.2) is 23.1 Å². The third-order valence-electron chi connectivity index (χ3n) is 7.83. The highest BCUT2D eigenvalue weighted by Crippen LogP contribution is 2.38. The topological polar surface area (TPSA) is 63.6 Å². The van der Waals surface area contributed by atoms with E-state index in [0.717, 1.165) is 25.7 Å². The number of unbranched alkanes of at least 4 members (excludes halogenated alkanes) is 15. The monoisotopic (exact) mass is 492 g/mol. The number of carbonyl (C=O) groups is 2. The SMILES string of the molecule is CCCCCCCCCCCCCC(CCCCCCCC)OC(=O)C1(C)C=CCCC1C(=O)O. The van der Waals surface area contributed by atoms with Crippen molar-refractivity contribution < 1.29 is 19.4 Å². The fraction of sp³-hybridized carbons (Fsp3) is 0.871. The summed E-state index contributed by atoms with van der Waals surface area (Å²) < 4.78 is 6.04. The number of ether oxygens (including phenoxy) is 1. The Morgan fingerprint density at radius 3 is 1.66 bits per heavy atom. The van der Waals surface area contributed by atoms with Crippen molar-refractivity contribution in [2.24, 2.45) is 11.3 Å². The molecule has 0 radical (unpaired) electrons. The van der Waals surface area contributed by atoms with E-state index in [4.69, 9.17) is 4.74 Å². The van der Waals surface area contributed by atoms with Gasteiger partial charge in [0.05, 0.1) is 11.3 Å². The van der Waals surface area contributed by atoms with E-state index in [1.165, 1.54) is 96.3 Å². The van der Waals surface area contributed by atoms with Crippen LogP contribution in [0.1, 0.15) is 156 Å². The maximum atomic E-state index is 13.2. The van der Waals surface area contributed by atoms with Gasteiger partial charge in [-0.2, -0.15) is 0 Å². The highest BCUT2D eigenvalue weighted by molar-refractivity contribution is 5.86. The summed E-state index contributed by atoms with van der Waals surface area (Å²) in [5.41, 5.74) is -1.05. The predicted molar refractivity (Wildman–Crippen MR) is 147 cm³/mol. The van der Waals surface area contributed by atoms with Crippen molar-refractivity contribution in [1.29, 1.82) is 0 Å². The molecule has 0 saturated carbocycles. The van der Waals surface area contributed by atoms with E-state index in [2.05, 4.69) is 13.8 Å². The first-order valence-electron chi connectivity index (χ1n) is 15.1. The molecule has 3 unspecified atom stereocenters. The maximum Gasteiger partial charge on any atom is 0.316 e. The Labute approximate surface area is 216 Å². The zero-order valence-electron chi connectivity index (χ0n) is 23.3. The van der Waals surface area contributed by atoms with E-state index in [1.54, 1.807) is 13.0 Å². The molecule has 0 bridgehead atoms. The summed E-state index contributed by atoms with van der Waals surface area (Å²) in [4.78, 5) is 25.0. The lowest BCUT2D eigenvalue weighted by atomic mass is 9.71. The first kappa shape index (κ1) is 31.7. The molecular formula is C31H56O4. The lowest BCUT2D eigenvalue weighted by Gasteiger charge is -2.34. The fourth-order valence-electron chi connectivity index (χ4n) is 5.33. The van der Waals surface area contributed by atoms with Gasteiger partial charge < -0.3 is 9.84 Å². The minimum atomic E-state index is -1.05. The van der Waals surface area contributed by atoms with Gasteiger partial charge in [0.15, 0.2) is 0 Å². The van der Waals surface area contributed by atoms with Crippen LogP contribution in [0.15, 0.2) is 12.2 Å². The molecule has 4 heteroatoms. The number of aliphatic carboxylic acids is 1. The molecule has 0 heterocycles. The Hall–Kier alpha value is -1.32. The molecule has 1 rings (SSSR count). The summed E-state index contributed by atoms with van der Waals surface area (Å²) >= 11 is 0. The fourth-order valence-corrected chi connectivity index (χ4v) is 5.33. The lowest BCUT2D eigenvalue weighted by Crippen LogP contribution is -2.42. The summed E-state index contributed by atoms with van der Waals surface area (Å²) in [5.74, 6) is -1.94. The van der Waals surface area contributed by atoms with E-state index in [9.17, 15) is 14.7 Å². The molecule has 0 aliphatic heterocycles. The molecule has 0 aromatic carbocycles. The van der Waals surface area contributed by atoms with Crippen molar-refractivity contribution in [3.05, 3.63) is 12.2 Å². The van der Waals surface area contributed by atoms with Crippen molar-refractivity contribution in [3.8, 4) is 0 Å². The maximum absolute atomic E-state index is 13.2. The number of hydrogen-bond acceptors (Lipinski definition) is 3. The van der Waals surface area contributed by atoms with Gasteiger partial charge in [0.25, 0.3) is 0 Å². The summed E-state index contributed by atoms with van der Waals surface area (Å²) in [7, 11) is 0. The van der Waals surface area contributed by atoms with E-state index in [1.807, 2.05) is 6.08 Å². The normalized spacial score (nSPS) is 20.6. The zero-order valence-corrected chi connectivity index (χ0v) is 23.3. The minimum absolute atomic E-state index is 0.0890.